The summed E-state index contributed by atoms with van der Waals surface area (Å²) in [6.45, 7) is 6.11. The summed E-state index contributed by atoms with van der Waals surface area (Å²) in [5.41, 5.74) is 0.298. The lowest BCUT2D eigenvalue weighted by Gasteiger charge is -2.51. The molecular formula is C21H29BrN2O5. The number of halogens is 1. The van der Waals surface area contributed by atoms with Crippen molar-refractivity contribution in [1.82, 2.24) is 4.90 Å². The number of ether oxygens (including phenoxy) is 3. The molecule has 2 saturated heterocycles. The first-order chi connectivity index (χ1) is 13.7. The lowest BCUT2D eigenvalue weighted by atomic mass is 9.68. The molecule has 3 rings (SSSR count). The van der Waals surface area contributed by atoms with E-state index in [2.05, 4.69) is 42.0 Å². The number of fused-ring (bicyclic) bond motifs is 2. The Balaban J connectivity index is 1.55. The minimum atomic E-state index is -0.698. The van der Waals surface area contributed by atoms with Crippen molar-refractivity contribution in [2.24, 2.45) is 5.41 Å². The Morgan fingerprint density at radius 3 is 2.66 bits per heavy atom. The SMILES string of the molecule is COc1ccc(NC(=O)OCOC(=O)N2C3CCCC2(C(C)(C)C)CC3)c(Br)c1. The normalized spacial score (nSPS) is 23.5. The zero-order valence-electron chi connectivity index (χ0n) is 17.4. The number of carbonyl (C=O) groups excluding carboxylic acids is 2. The maximum absolute atomic E-state index is 12.8. The molecular weight excluding hydrogens is 440 g/mol. The van der Waals surface area contributed by atoms with Crippen LogP contribution in [0.25, 0.3) is 0 Å². The van der Waals surface area contributed by atoms with Crippen LogP contribution in [0, 0.1) is 5.41 Å². The van der Waals surface area contributed by atoms with Crippen molar-refractivity contribution in [3.05, 3.63) is 22.7 Å². The van der Waals surface area contributed by atoms with E-state index in [1.54, 1.807) is 25.3 Å². The van der Waals surface area contributed by atoms with Gasteiger partial charge in [0.25, 0.3) is 0 Å². The van der Waals surface area contributed by atoms with Gasteiger partial charge in [0, 0.05) is 10.5 Å². The fourth-order valence-corrected chi connectivity index (χ4v) is 5.12. The van der Waals surface area contributed by atoms with Crippen LogP contribution in [0.15, 0.2) is 22.7 Å². The molecule has 1 N–H and O–H groups in total. The number of anilines is 1. The number of hydrogen-bond acceptors (Lipinski definition) is 5. The Bertz CT molecular complexity index is 775. The van der Waals surface area contributed by atoms with Crippen LogP contribution in [0.2, 0.25) is 0 Å². The second-order valence-corrected chi connectivity index (χ2v) is 9.52. The predicted molar refractivity (Wildman–Crippen MR) is 113 cm³/mol. The van der Waals surface area contributed by atoms with E-state index in [1.165, 1.54) is 0 Å². The van der Waals surface area contributed by atoms with Gasteiger partial charge in [-0.25, -0.2) is 9.59 Å². The largest absolute Gasteiger partial charge is 0.497 e. The molecule has 2 aliphatic rings. The number of rotatable bonds is 4. The van der Waals surface area contributed by atoms with Gasteiger partial charge in [-0.1, -0.05) is 20.8 Å². The third kappa shape index (κ3) is 4.32. The van der Waals surface area contributed by atoms with Crippen LogP contribution in [-0.2, 0) is 9.47 Å². The number of amides is 2. The summed E-state index contributed by atoms with van der Waals surface area (Å²) in [4.78, 5) is 26.8. The molecule has 2 amide bonds. The van der Waals surface area contributed by atoms with E-state index in [4.69, 9.17) is 14.2 Å². The molecule has 1 aromatic rings. The van der Waals surface area contributed by atoms with Gasteiger partial charge in [0.15, 0.2) is 0 Å². The molecule has 0 aromatic heterocycles. The van der Waals surface area contributed by atoms with Gasteiger partial charge in [0.1, 0.15) is 5.75 Å². The number of piperidine rings is 1. The Morgan fingerprint density at radius 1 is 1.24 bits per heavy atom. The number of methoxy groups -OCH3 is 1. The Kier molecular flexibility index (Phi) is 6.31. The zero-order chi connectivity index (χ0) is 21.2. The molecule has 0 spiro atoms. The van der Waals surface area contributed by atoms with Gasteiger partial charge in [-0.3, -0.25) is 10.2 Å². The summed E-state index contributed by atoms with van der Waals surface area (Å²) in [7, 11) is 1.57. The fraction of sp³-hybridized carbons (Fsp3) is 0.619. The molecule has 160 valence electrons. The molecule has 7 nitrogen and oxygen atoms in total. The zero-order valence-corrected chi connectivity index (χ0v) is 19.0. The minimum absolute atomic E-state index is 0.0416. The first-order valence-corrected chi connectivity index (χ1v) is 10.7. The second kappa shape index (κ2) is 8.42. The van der Waals surface area contributed by atoms with E-state index in [0.717, 1.165) is 32.1 Å². The molecule has 29 heavy (non-hydrogen) atoms. The lowest BCUT2D eigenvalue weighted by Crippen LogP contribution is -2.60. The highest BCUT2D eigenvalue weighted by molar-refractivity contribution is 9.10. The number of benzene rings is 1. The molecule has 2 heterocycles. The Morgan fingerprint density at radius 2 is 2.00 bits per heavy atom. The van der Waals surface area contributed by atoms with Gasteiger partial charge >= 0.3 is 12.2 Å². The highest BCUT2D eigenvalue weighted by atomic mass is 79.9. The average Bonchev–Trinajstić information content (AvgIpc) is 2.89. The minimum Gasteiger partial charge on any atom is -0.497 e. The number of hydrogen-bond donors (Lipinski definition) is 1. The number of nitrogens with zero attached hydrogens (tertiary/aromatic N) is 1. The first kappa shape index (κ1) is 21.7. The summed E-state index contributed by atoms with van der Waals surface area (Å²) in [5, 5.41) is 2.61. The van der Waals surface area contributed by atoms with Crippen LogP contribution in [0.1, 0.15) is 52.9 Å². The van der Waals surface area contributed by atoms with Crippen molar-refractivity contribution in [3.8, 4) is 5.75 Å². The summed E-state index contributed by atoms with van der Waals surface area (Å²) in [6.07, 6.45) is 4.00. The monoisotopic (exact) mass is 468 g/mol. The fourth-order valence-electron chi connectivity index (χ4n) is 4.66. The first-order valence-electron chi connectivity index (χ1n) is 9.91. The predicted octanol–water partition coefficient (Wildman–Crippen LogP) is 5.53. The number of nitrogens with one attached hydrogen (secondary N) is 1. The quantitative estimate of drug-likeness (QED) is 0.587. The second-order valence-electron chi connectivity index (χ2n) is 8.67. The third-order valence-electron chi connectivity index (χ3n) is 6.22. The highest BCUT2D eigenvalue weighted by Gasteiger charge is 2.57. The smallest absolute Gasteiger partial charge is 0.414 e. The highest BCUT2D eigenvalue weighted by Crippen LogP contribution is 2.53. The van der Waals surface area contributed by atoms with Crippen LogP contribution in [0.3, 0.4) is 0 Å². The van der Waals surface area contributed by atoms with Crippen LogP contribution in [-0.4, -0.2) is 42.6 Å². The van der Waals surface area contributed by atoms with E-state index >= 15 is 0 Å². The van der Waals surface area contributed by atoms with E-state index in [-0.39, 0.29) is 17.0 Å². The van der Waals surface area contributed by atoms with Crippen LogP contribution in [0.5, 0.6) is 5.75 Å². The molecule has 2 atom stereocenters. The van der Waals surface area contributed by atoms with Crippen molar-refractivity contribution in [1.29, 1.82) is 0 Å². The molecule has 0 aliphatic carbocycles. The van der Waals surface area contributed by atoms with Gasteiger partial charge in [-0.15, -0.1) is 0 Å². The van der Waals surface area contributed by atoms with Crippen LogP contribution < -0.4 is 10.1 Å². The van der Waals surface area contributed by atoms with E-state index in [1.807, 2.05) is 4.90 Å². The van der Waals surface area contributed by atoms with E-state index < -0.39 is 19.0 Å². The Labute approximate surface area is 180 Å². The topological polar surface area (TPSA) is 77.1 Å². The van der Waals surface area contributed by atoms with E-state index in [9.17, 15) is 9.59 Å². The van der Waals surface area contributed by atoms with Gasteiger partial charge in [-0.05, 0) is 71.6 Å². The lowest BCUT2D eigenvalue weighted by molar-refractivity contribution is -0.0474. The standard InChI is InChI=1S/C21H29BrN2O5/c1-20(2,3)21-10-5-6-14(9-11-21)24(21)19(26)29-13-28-18(25)23-17-8-7-15(27-4)12-16(17)22/h7-8,12,14H,5-6,9-11,13H2,1-4H3,(H,23,25). The van der Waals surface area contributed by atoms with Crippen molar-refractivity contribution in [2.45, 2.75) is 64.5 Å². The Hall–Kier alpha value is -1.96. The summed E-state index contributed by atoms with van der Waals surface area (Å²) < 4.78 is 16.2. The van der Waals surface area contributed by atoms with Gasteiger partial charge in [-0.2, -0.15) is 0 Å². The molecule has 8 heteroatoms. The summed E-state index contributed by atoms with van der Waals surface area (Å²) >= 11 is 3.36. The van der Waals surface area contributed by atoms with Crippen molar-refractivity contribution < 1.29 is 23.8 Å². The molecule has 2 aliphatic heterocycles. The maximum atomic E-state index is 12.8. The van der Waals surface area contributed by atoms with Crippen molar-refractivity contribution in [3.63, 3.8) is 0 Å². The molecule has 1 aromatic carbocycles. The molecule has 2 fully saturated rings. The summed E-state index contributed by atoms with van der Waals surface area (Å²) in [5.74, 6) is 0.661. The van der Waals surface area contributed by atoms with Gasteiger partial charge < -0.3 is 14.2 Å². The van der Waals surface area contributed by atoms with Crippen LogP contribution >= 0.6 is 15.9 Å². The third-order valence-corrected chi connectivity index (χ3v) is 6.88. The van der Waals surface area contributed by atoms with Gasteiger partial charge in [0.05, 0.1) is 18.3 Å². The van der Waals surface area contributed by atoms with Crippen molar-refractivity contribution in [2.75, 3.05) is 19.2 Å². The maximum Gasteiger partial charge on any atom is 0.414 e. The number of carbonyl (C=O) groups is 2. The average molecular weight is 469 g/mol. The summed E-state index contributed by atoms with van der Waals surface area (Å²) in [6, 6.07) is 5.35. The van der Waals surface area contributed by atoms with E-state index in [0.29, 0.717) is 15.9 Å². The molecule has 2 bridgehead atoms. The van der Waals surface area contributed by atoms with Crippen molar-refractivity contribution >= 4 is 33.8 Å². The molecule has 0 saturated carbocycles. The molecule has 0 radical (unpaired) electrons. The van der Waals surface area contributed by atoms with Crippen LogP contribution in [0.4, 0.5) is 15.3 Å². The van der Waals surface area contributed by atoms with Gasteiger partial charge in [0.2, 0.25) is 6.79 Å². The molecule has 2 unspecified atom stereocenters.